The van der Waals surface area contributed by atoms with Gasteiger partial charge in [0.1, 0.15) is 0 Å². The molecule has 0 aliphatic carbocycles. The Morgan fingerprint density at radius 3 is 2.85 bits per heavy atom. The number of hydrogen-bond acceptors (Lipinski definition) is 4. The molecule has 0 radical (unpaired) electrons. The van der Waals surface area contributed by atoms with E-state index in [1.165, 1.54) is 11.3 Å². The van der Waals surface area contributed by atoms with Crippen molar-refractivity contribution in [2.24, 2.45) is 0 Å². The molecule has 2 rings (SSSR count). The van der Waals surface area contributed by atoms with Crippen LogP contribution in [-0.2, 0) is 11.3 Å². The molecule has 0 unspecified atom stereocenters. The molecular weight excluding hydrogens is 250 g/mol. The van der Waals surface area contributed by atoms with E-state index in [9.17, 15) is 0 Å². The Labute approximate surface area is 122 Å². The first-order valence-electron chi connectivity index (χ1n) is 7.44. The van der Waals surface area contributed by atoms with Gasteiger partial charge in [0.15, 0.2) is 0 Å². The number of rotatable bonds is 4. The van der Waals surface area contributed by atoms with E-state index < -0.39 is 0 Å². The van der Waals surface area contributed by atoms with Crippen molar-refractivity contribution in [3.63, 3.8) is 0 Å². The summed E-state index contributed by atoms with van der Waals surface area (Å²) in [5.74, 6) is 0. The van der Waals surface area contributed by atoms with Gasteiger partial charge in [-0.05, 0) is 26.8 Å². The molecule has 0 saturated carbocycles. The van der Waals surface area contributed by atoms with Crippen LogP contribution in [0.15, 0.2) is 12.3 Å². The predicted molar refractivity (Wildman–Crippen MR) is 83.2 cm³/mol. The largest absolute Gasteiger partial charge is 0.377 e. The smallest absolute Gasteiger partial charge is 0.0694 e. The summed E-state index contributed by atoms with van der Waals surface area (Å²) in [5, 5.41) is 3.49. The zero-order chi connectivity index (χ0) is 14.8. The molecule has 4 nitrogen and oxygen atoms in total. The molecule has 1 saturated heterocycles. The molecule has 4 heteroatoms. The van der Waals surface area contributed by atoms with Crippen LogP contribution in [0.1, 0.15) is 39.0 Å². The molecule has 1 aliphatic heterocycles. The highest BCUT2D eigenvalue weighted by Crippen LogP contribution is 2.30. The van der Waals surface area contributed by atoms with Crippen LogP contribution < -0.4 is 10.2 Å². The number of aryl methyl sites for hydroxylation is 1. The SMILES string of the molecule is Cc1cc(N2CCOCC2(C)C)c(CNC(C)C)cn1. The van der Waals surface area contributed by atoms with Crippen molar-refractivity contribution in [2.75, 3.05) is 24.7 Å². The van der Waals surface area contributed by atoms with E-state index in [1.807, 2.05) is 6.20 Å². The van der Waals surface area contributed by atoms with Gasteiger partial charge in [-0.2, -0.15) is 0 Å². The van der Waals surface area contributed by atoms with Crippen LogP contribution in [0.25, 0.3) is 0 Å². The zero-order valence-electron chi connectivity index (χ0n) is 13.4. The van der Waals surface area contributed by atoms with Gasteiger partial charge in [0.05, 0.1) is 18.8 Å². The minimum Gasteiger partial charge on any atom is -0.377 e. The Morgan fingerprint density at radius 1 is 1.45 bits per heavy atom. The average molecular weight is 277 g/mol. The van der Waals surface area contributed by atoms with Crippen molar-refractivity contribution in [1.29, 1.82) is 0 Å². The van der Waals surface area contributed by atoms with E-state index in [0.29, 0.717) is 6.04 Å². The zero-order valence-corrected chi connectivity index (χ0v) is 13.4. The topological polar surface area (TPSA) is 37.4 Å². The molecule has 1 aromatic heterocycles. The van der Waals surface area contributed by atoms with Gasteiger partial charge in [0, 0.05) is 42.3 Å². The number of hydrogen-bond donors (Lipinski definition) is 1. The maximum Gasteiger partial charge on any atom is 0.0694 e. The molecule has 0 bridgehead atoms. The lowest BCUT2D eigenvalue weighted by atomic mass is 10.00. The van der Waals surface area contributed by atoms with Crippen molar-refractivity contribution in [3.05, 3.63) is 23.5 Å². The van der Waals surface area contributed by atoms with Crippen LogP contribution in [0.4, 0.5) is 5.69 Å². The Bertz CT molecular complexity index is 457. The summed E-state index contributed by atoms with van der Waals surface area (Å²) in [4.78, 5) is 6.92. The summed E-state index contributed by atoms with van der Waals surface area (Å²) >= 11 is 0. The van der Waals surface area contributed by atoms with Crippen molar-refractivity contribution < 1.29 is 4.74 Å². The second-order valence-corrected chi connectivity index (χ2v) is 6.51. The maximum absolute atomic E-state index is 5.63. The van der Waals surface area contributed by atoms with E-state index >= 15 is 0 Å². The number of ether oxygens (including phenoxy) is 1. The number of aromatic nitrogens is 1. The second-order valence-electron chi connectivity index (χ2n) is 6.51. The van der Waals surface area contributed by atoms with Crippen LogP contribution >= 0.6 is 0 Å². The third-order valence-corrected chi connectivity index (χ3v) is 3.74. The first-order valence-corrected chi connectivity index (χ1v) is 7.44. The summed E-state index contributed by atoms with van der Waals surface area (Å²) in [7, 11) is 0. The lowest BCUT2D eigenvalue weighted by Crippen LogP contribution is -2.53. The average Bonchev–Trinajstić information content (AvgIpc) is 2.36. The third-order valence-electron chi connectivity index (χ3n) is 3.74. The normalized spacial score (nSPS) is 18.6. The highest BCUT2D eigenvalue weighted by molar-refractivity contribution is 5.56. The molecular formula is C16H27N3O. The van der Waals surface area contributed by atoms with Crippen molar-refractivity contribution in [2.45, 2.75) is 52.7 Å². The van der Waals surface area contributed by atoms with Crippen molar-refractivity contribution in [1.82, 2.24) is 10.3 Å². The second kappa shape index (κ2) is 6.10. The van der Waals surface area contributed by atoms with Crippen LogP contribution in [-0.4, -0.2) is 36.3 Å². The fourth-order valence-corrected chi connectivity index (χ4v) is 2.58. The quantitative estimate of drug-likeness (QED) is 0.917. The predicted octanol–water partition coefficient (Wildman–Crippen LogP) is 2.50. The van der Waals surface area contributed by atoms with Crippen LogP contribution in [0, 0.1) is 6.92 Å². The van der Waals surface area contributed by atoms with E-state index in [4.69, 9.17) is 4.74 Å². The molecule has 1 aromatic rings. The summed E-state index contributed by atoms with van der Waals surface area (Å²) in [6.07, 6.45) is 2.01. The van der Waals surface area contributed by atoms with Crippen LogP contribution in [0.5, 0.6) is 0 Å². The summed E-state index contributed by atoms with van der Waals surface area (Å²) in [6.45, 7) is 14.2. The number of nitrogens with one attached hydrogen (secondary N) is 1. The Morgan fingerprint density at radius 2 is 2.20 bits per heavy atom. The lowest BCUT2D eigenvalue weighted by molar-refractivity contribution is 0.0643. The minimum atomic E-state index is 0.0264. The fraction of sp³-hybridized carbons (Fsp3) is 0.688. The highest BCUT2D eigenvalue weighted by Gasteiger charge is 2.32. The Hall–Kier alpha value is -1.13. The molecule has 0 spiro atoms. The summed E-state index contributed by atoms with van der Waals surface area (Å²) in [6, 6.07) is 2.67. The molecule has 2 heterocycles. The van der Waals surface area contributed by atoms with Crippen LogP contribution in [0.2, 0.25) is 0 Å². The number of pyridine rings is 1. The molecule has 1 aliphatic rings. The van der Waals surface area contributed by atoms with E-state index in [1.54, 1.807) is 0 Å². The van der Waals surface area contributed by atoms with Crippen molar-refractivity contribution >= 4 is 5.69 Å². The number of anilines is 1. The molecule has 0 aromatic carbocycles. The van der Waals surface area contributed by atoms with Gasteiger partial charge in [0.2, 0.25) is 0 Å². The summed E-state index contributed by atoms with van der Waals surface area (Å²) in [5.41, 5.74) is 3.65. The van der Waals surface area contributed by atoms with Gasteiger partial charge in [-0.1, -0.05) is 13.8 Å². The monoisotopic (exact) mass is 277 g/mol. The van der Waals surface area contributed by atoms with Gasteiger partial charge in [-0.25, -0.2) is 0 Å². The maximum atomic E-state index is 5.63. The Balaban J connectivity index is 2.30. The van der Waals surface area contributed by atoms with Crippen LogP contribution in [0.3, 0.4) is 0 Å². The molecule has 112 valence electrons. The minimum absolute atomic E-state index is 0.0264. The van der Waals surface area contributed by atoms with E-state index in [2.05, 4.69) is 55.9 Å². The Kier molecular flexibility index (Phi) is 4.66. The van der Waals surface area contributed by atoms with Gasteiger partial charge in [-0.3, -0.25) is 4.98 Å². The molecule has 1 N–H and O–H groups in total. The lowest BCUT2D eigenvalue weighted by Gasteiger charge is -2.44. The van der Waals surface area contributed by atoms with Crippen molar-refractivity contribution in [3.8, 4) is 0 Å². The summed E-state index contributed by atoms with van der Waals surface area (Å²) < 4.78 is 5.63. The first kappa shape index (κ1) is 15.3. The highest BCUT2D eigenvalue weighted by atomic mass is 16.5. The number of morpholine rings is 1. The molecule has 0 atom stereocenters. The van der Waals surface area contributed by atoms with Gasteiger partial charge in [0.25, 0.3) is 0 Å². The third kappa shape index (κ3) is 3.49. The molecule has 1 fully saturated rings. The number of nitrogens with zero attached hydrogens (tertiary/aromatic N) is 2. The van der Waals surface area contributed by atoms with Gasteiger partial charge < -0.3 is 15.0 Å². The fourth-order valence-electron chi connectivity index (χ4n) is 2.58. The first-order chi connectivity index (χ1) is 9.40. The van der Waals surface area contributed by atoms with Gasteiger partial charge >= 0.3 is 0 Å². The van der Waals surface area contributed by atoms with E-state index in [-0.39, 0.29) is 5.54 Å². The standard InChI is InChI=1S/C16H27N3O/c1-12(2)17-9-14-10-18-13(3)8-15(14)19-6-7-20-11-16(19,4)5/h8,10,12,17H,6-7,9,11H2,1-5H3. The van der Waals surface area contributed by atoms with Gasteiger partial charge in [-0.15, -0.1) is 0 Å². The van der Waals surface area contributed by atoms with E-state index in [0.717, 1.165) is 32.0 Å². The molecule has 0 amide bonds. The molecule has 20 heavy (non-hydrogen) atoms.